The van der Waals surface area contributed by atoms with Gasteiger partial charge in [-0.25, -0.2) is 0 Å². The first kappa shape index (κ1) is 11.4. The van der Waals surface area contributed by atoms with Crippen LogP contribution in [0.5, 0.6) is 5.75 Å². The highest BCUT2D eigenvalue weighted by Gasteiger charge is 2.17. The second-order valence-electron chi connectivity index (χ2n) is 4.24. The van der Waals surface area contributed by atoms with E-state index in [1.54, 1.807) is 7.11 Å². The standard InChI is InChI=1S/C13H20N2O/c1-11(15-8-6-14-7-9-15)12-4-3-5-13(10-12)16-2/h3-5,10-11,14H,6-9H2,1-2H3. The van der Waals surface area contributed by atoms with E-state index < -0.39 is 0 Å². The van der Waals surface area contributed by atoms with Crippen LogP contribution in [0.3, 0.4) is 0 Å². The molecule has 0 amide bonds. The Morgan fingerprint density at radius 3 is 2.75 bits per heavy atom. The first-order chi connectivity index (χ1) is 7.81. The smallest absolute Gasteiger partial charge is 0.119 e. The van der Waals surface area contributed by atoms with E-state index in [0.29, 0.717) is 6.04 Å². The molecule has 0 saturated carbocycles. The van der Waals surface area contributed by atoms with Gasteiger partial charge in [-0.3, -0.25) is 4.90 Å². The third-order valence-corrected chi connectivity index (χ3v) is 3.28. The Balaban J connectivity index is 2.09. The summed E-state index contributed by atoms with van der Waals surface area (Å²) in [5.41, 5.74) is 1.33. The zero-order valence-electron chi connectivity index (χ0n) is 10.1. The minimum atomic E-state index is 0.470. The summed E-state index contributed by atoms with van der Waals surface area (Å²) in [6.45, 7) is 6.69. The predicted octanol–water partition coefficient (Wildman–Crippen LogP) is 1.66. The molecule has 1 heterocycles. The van der Waals surface area contributed by atoms with E-state index in [9.17, 15) is 0 Å². The number of nitrogens with one attached hydrogen (secondary N) is 1. The van der Waals surface area contributed by atoms with Gasteiger partial charge in [0.1, 0.15) is 5.75 Å². The Kier molecular flexibility index (Phi) is 3.80. The van der Waals surface area contributed by atoms with Gasteiger partial charge in [-0.2, -0.15) is 0 Å². The summed E-state index contributed by atoms with van der Waals surface area (Å²) in [6.07, 6.45) is 0. The molecular weight excluding hydrogens is 200 g/mol. The molecule has 1 saturated heterocycles. The average Bonchev–Trinajstić information content (AvgIpc) is 2.39. The zero-order chi connectivity index (χ0) is 11.4. The zero-order valence-corrected chi connectivity index (χ0v) is 10.1. The number of nitrogens with zero attached hydrogens (tertiary/aromatic N) is 1. The molecule has 2 rings (SSSR count). The van der Waals surface area contributed by atoms with Crippen molar-refractivity contribution < 1.29 is 4.74 Å². The van der Waals surface area contributed by atoms with E-state index in [-0.39, 0.29) is 0 Å². The van der Waals surface area contributed by atoms with Gasteiger partial charge in [-0.1, -0.05) is 12.1 Å². The van der Waals surface area contributed by atoms with E-state index in [0.717, 1.165) is 31.9 Å². The summed E-state index contributed by atoms with van der Waals surface area (Å²) < 4.78 is 5.26. The molecular formula is C13H20N2O. The average molecular weight is 220 g/mol. The molecule has 1 aliphatic heterocycles. The van der Waals surface area contributed by atoms with Crippen molar-refractivity contribution in [1.82, 2.24) is 10.2 Å². The van der Waals surface area contributed by atoms with Crippen molar-refractivity contribution in [3.63, 3.8) is 0 Å². The topological polar surface area (TPSA) is 24.5 Å². The highest BCUT2D eigenvalue weighted by molar-refractivity contribution is 5.30. The van der Waals surface area contributed by atoms with Gasteiger partial charge in [0, 0.05) is 32.2 Å². The van der Waals surface area contributed by atoms with Crippen LogP contribution in [0, 0.1) is 0 Å². The molecule has 0 aliphatic carbocycles. The van der Waals surface area contributed by atoms with E-state index >= 15 is 0 Å². The summed E-state index contributed by atoms with van der Waals surface area (Å²) in [5.74, 6) is 0.944. The van der Waals surface area contributed by atoms with Crippen LogP contribution in [0.1, 0.15) is 18.5 Å². The van der Waals surface area contributed by atoms with Gasteiger partial charge in [-0.05, 0) is 24.6 Å². The lowest BCUT2D eigenvalue weighted by molar-refractivity contribution is 0.185. The summed E-state index contributed by atoms with van der Waals surface area (Å²) in [4.78, 5) is 2.51. The van der Waals surface area contributed by atoms with Crippen molar-refractivity contribution in [3.8, 4) is 5.75 Å². The summed E-state index contributed by atoms with van der Waals surface area (Å²) >= 11 is 0. The first-order valence-corrected chi connectivity index (χ1v) is 5.90. The number of methoxy groups -OCH3 is 1. The van der Waals surface area contributed by atoms with Crippen LogP contribution in [0.4, 0.5) is 0 Å². The Hall–Kier alpha value is -1.06. The van der Waals surface area contributed by atoms with Crippen molar-refractivity contribution in [2.24, 2.45) is 0 Å². The number of rotatable bonds is 3. The van der Waals surface area contributed by atoms with E-state index in [1.807, 2.05) is 6.07 Å². The maximum absolute atomic E-state index is 5.26. The Bertz CT molecular complexity index is 334. The number of hydrogen-bond donors (Lipinski definition) is 1. The SMILES string of the molecule is COc1cccc(C(C)N2CCNCC2)c1. The third-order valence-electron chi connectivity index (χ3n) is 3.28. The molecule has 1 aliphatic rings. The number of piperazine rings is 1. The van der Waals surface area contributed by atoms with Crippen LogP contribution in [0.15, 0.2) is 24.3 Å². The number of ether oxygens (including phenoxy) is 1. The Morgan fingerprint density at radius 2 is 2.06 bits per heavy atom. The highest BCUT2D eigenvalue weighted by atomic mass is 16.5. The van der Waals surface area contributed by atoms with Gasteiger partial charge in [0.05, 0.1) is 7.11 Å². The summed E-state index contributed by atoms with van der Waals surface area (Å²) in [5, 5.41) is 3.38. The van der Waals surface area contributed by atoms with Crippen LogP contribution >= 0.6 is 0 Å². The third kappa shape index (κ3) is 2.54. The fraction of sp³-hybridized carbons (Fsp3) is 0.538. The number of hydrogen-bond acceptors (Lipinski definition) is 3. The molecule has 1 N–H and O–H groups in total. The lowest BCUT2D eigenvalue weighted by Crippen LogP contribution is -2.44. The predicted molar refractivity (Wildman–Crippen MR) is 65.9 cm³/mol. The van der Waals surface area contributed by atoms with Crippen molar-refractivity contribution in [2.75, 3.05) is 33.3 Å². The van der Waals surface area contributed by atoms with Gasteiger partial charge in [-0.15, -0.1) is 0 Å². The maximum atomic E-state index is 5.26. The molecule has 1 aromatic carbocycles. The van der Waals surface area contributed by atoms with Gasteiger partial charge in [0.2, 0.25) is 0 Å². The van der Waals surface area contributed by atoms with Crippen molar-refractivity contribution in [2.45, 2.75) is 13.0 Å². The van der Waals surface area contributed by atoms with Gasteiger partial charge < -0.3 is 10.1 Å². The van der Waals surface area contributed by atoms with Crippen LogP contribution < -0.4 is 10.1 Å². The van der Waals surface area contributed by atoms with Gasteiger partial charge in [0.15, 0.2) is 0 Å². The molecule has 0 radical (unpaired) electrons. The minimum Gasteiger partial charge on any atom is -0.497 e. The van der Waals surface area contributed by atoms with Crippen LogP contribution in [0.2, 0.25) is 0 Å². The Labute approximate surface area is 97.4 Å². The fourth-order valence-electron chi connectivity index (χ4n) is 2.18. The largest absolute Gasteiger partial charge is 0.497 e. The quantitative estimate of drug-likeness (QED) is 0.838. The van der Waals surface area contributed by atoms with Crippen LogP contribution in [-0.4, -0.2) is 38.2 Å². The monoisotopic (exact) mass is 220 g/mol. The van der Waals surface area contributed by atoms with Gasteiger partial charge >= 0.3 is 0 Å². The lowest BCUT2D eigenvalue weighted by atomic mass is 10.1. The first-order valence-electron chi connectivity index (χ1n) is 5.90. The second kappa shape index (κ2) is 5.32. The molecule has 16 heavy (non-hydrogen) atoms. The van der Waals surface area contributed by atoms with Crippen molar-refractivity contribution in [1.29, 1.82) is 0 Å². The molecule has 0 bridgehead atoms. The molecule has 3 nitrogen and oxygen atoms in total. The summed E-state index contributed by atoms with van der Waals surface area (Å²) in [7, 11) is 1.72. The van der Waals surface area contributed by atoms with Crippen LogP contribution in [0.25, 0.3) is 0 Å². The number of benzene rings is 1. The second-order valence-corrected chi connectivity index (χ2v) is 4.24. The molecule has 1 aromatic rings. The molecule has 88 valence electrons. The van der Waals surface area contributed by atoms with E-state index in [2.05, 4.69) is 35.3 Å². The van der Waals surface area contributed by atoms with E-state index in [1.165, 1.54) is 5.56 Å². The molecule has 0 aromatic heterocycles. The molecule has 1 fully saturated rings. The highest BCUT2D eigenvalue weighted by Crippen LogP contribution is 2.23. The van der Waals surface area contributed by atoms with Crippen LogP contribution in [-0.2, 0) is 0 Å². The Morgan fingerprint density at radius 1 is 1.31 bits per heavy atom. The van der Waals surface area contributed by atoms with E-state index in [4.69, 9.17) is 4.74 Å². The fourth-order valence-corrected chi connectivity index (χ4v) is 2.18. The maximum Gasteiger partial charge on any atom is 0.119 e. The molecule has 1 atom stereocenters. The van der Waals surface area contributed by atoms with Crippen molar-refractivity contribution in [3.05, 3.63) is 29.8 Å². The minimum absolute atomic E-state index is 0.470. The normalized spacial score (nSPS) is 19.4. The summed E-state index contributed by atoms with van der Waals surface area (Å²) in [6, 6.07) is 8.83. The molecule has 3 heteroatoms. The van der Waals surface area contributed by atoms with Crippen molar-refractivity contribution >= 4 is 0 Å². The molecule has 0 spiro atoms. The molecule has 1 unspecified atom stereocenters. The lowest BCUT2D eigenvalue weighted by Gasteiger charge is -2.33. The van der Waals surface area contributed by atoms with Gasteiger partial charge in [0.25, 0.3) is 0 Å².